The number of hydrogen-bond donors (Lipinski definition) is 1. The van der Waals surface area contributed by atoms with Gasteiger partial charge in [-0.2, -0.15) is 0 Å². The Morgan fingerprint density at radius 3 is 2.80 bits per heavy atom. The molecule has 3 nitrogen and oxygen atoms in total. The number of nitrogens with zero attached hydrogens (tertiary/aromatic N) is 1. The summed E-state index contributed by atoms with van der Waals surface area (Å²) in [6.07, 6.45) is 3.14. The summed E-state index contributed by atoms with van der Waals surface area (Å²) in [5, 5.41) is 3.37. The Bertz CT molecular complexity index is 413. The first kappa shape index (κ1) is 16.0. The molecule has 1 aromatic rings. The van der Waals surface area contributed by atoms with Crippen LogP contribution in [0.3, 0.4) is 0 Å². The minimum absolute atomic E-state index is 0.381. The summed E-state index contributed by atoms with van der Waals surface area (Å²) in [5.41, 5.74) is 1.33. The van der Waals surface area contributed by atoms with Gasteiger partial charge in [-0.15, -0.1) is 0 Å². The van der Waals surface area contributed by atoms with E-state index >= 15 is 0 Å². The Morgan fingerprint density at radius 2 is 2.05 bits per heavy atom. The van der Waals surface area contributed by atoms with E-state index in [1.165, 1.54) is 22.9 Å². The molecule has 1 saturated heterocycles. The largest absolute Gasteiger partial charge is 0.372 e. The van der Waals surface area contributed by atoms with Gasteiger partial charge >= 0.3 is 0 Å². The minimum atomic E-state index is 0.381. The molecule has 0 aliphatic carbocycles. The Kier molecular flexibility index (Phi) is 6.49. The highest BCUT2D eigenvalue weighted by molar-refractivity contribution is 9.10. The molecule has 2 rings (SSSR count). The van der Waals surface area contributed by atoms with E-state index in [0.29, 0.717) is 12.2 Å². The monoisotopic (exact) mass is 340 g/mol. The molecular weight excluding hydrogens is 316 g/mol. The maximum atomic E-state index is 6.09. The number of benzene rings is 1. The third-order valence-electron chi connectivity index (χ3n) is 3.73. The molecule has 20 heavy (non-hydrogen) atoms. The van der Waals surface area contributed by atoms with Gasteiger partial charge in [0.05, 0.1) is 12.2 Å². The molecule has 4 heteroatoms. The van der Waals surface area contributed by atoms with Crippen LogP contribution in [-0.4, -0.2) is 43.8 Å². The molecule has 1 aliphatic heterocycles. The molecule has 0 amide bonds. The van der Waals surface area contributed by atoms with Crippen LogP contribution in [-0.2, 0) is 11.3 Å². The van der Waals surface area contributed by atoms with Crippen molar-refractivity contribution < 1.29 is 4.74 Å². The highest BCUT2D eigenvalue weighted by Gasteiger charge is 2.25. The van der Waals surface area contributed by atoms with E-state index in [0.717, 1.165) is 26.2 Å². The van der Waals surface area contributed by atoms with E-state index in [2.05, 4.69) is 64.4 Å². The van der Waals surface area contributed by atoms with Crippen LogP contribution in [0.5, 0.6) is 0 Å². The number of hydrogen-bond acceptors (Lipinski definition) is 3. The second kappa shape index (κ2) is 8.13. The summed E-state index contributed by atoms with van der Waals surface area (Å²) in [4.78, 5) is 2.35. The number of halogens is 1. The molecule has 0 bridgehead atoms. The maximum Gasteiger partial charge on any atom is 0.0707 e. The van der Waals surface area contributed by atoms with Gasteiger partial charge in [0.2, 0.25) is 0 Å². The van der Waals surface area contributed by atoms with E-state index in [-0.39, 0.29) is 0 Å². The fourth-order valence-corrected chi connectivity index (χ4v) is 3.11. The average molecular weight is 341 g/mol. The van der Waals surface area contributed by atoms with Gasteiger partial charge < -0.3 is 10.1 Å². The fourth-order valence-electron chi connectivity index (χ4n) is 2.70. The van der Waals surface area contributed by atoms with Gasteiger partial charge in [0, 0.05) is 24.1 Å². The average Bonchev–Trinajstić information content (AvgIpc) is 2.86. The van der Waals surface area contributed by atoms with Crippen molar-refractivity contribution in [1.29, 1.82) is 0 Å². The van der Waals surface area contributed by atoms with Crippen LogP contribution in [0.1, 0.15) is 25.3 Å². The number of likely N-dealkylation sites (N-methyl/N-ethyl adjacent to an activating group) is 2. The first-order valence-corrected chi connectivity index (χ1v) is 8.26. The van der Waals surface area contributed by atoms with E-state index < -0.39 is 0 Å². The van der Waals surface area contributed by atoms with Gasteiger partial charge in [-0.3, -0.25) is 4.90 Å². The normalized spacial score (nSPS) is 22.6. The molecule has 1 N–H and O–H groups in total. The zero-order valence-electron chi connectivity index (χ0n) is 12.4. The van der Waals surface area contributed by atoms with Crippen LogP contribution in [0.2, 0.25) is 0 Å². The van der Waals surface area contributed by atoms with Gasteiger partial charge in [-0.25, -0.2) is 0 Å². The molecule has 2 atom stereocenters. The van der Waals surface area contributed by atoms with E-state index in [9.17, 15) is 0 Å². The molecule has 1 heterocycles. The lowest BCUT2D eigenvalue weighted by Crippen LogP contribution is -2.31. The van der Waals surface area contributed by atoms with Gasteiger partial charge in [0.1, 0.15) is 0 Å². The quantitative estimate of drug-likeness (QED) is 0.825. The summed E-state index contributed by atoms with van der Waals surface area (Å²) in [6, 6.07) is 8.41. The second-order valence-electron chi connectivity index (χ2n) is 5.55. The summed E-state index contributed by atoms with van der Waals surface area (Å²) < 4.78 is 7.27. The molecule has 1 fully saturated rings. The molecule has 1 aromatic carbocycles. The lowest BCUT2D eigenvalue weighted by atomic mass is 10.1. The molecule has 0 aromatic heterocycles. The smallest absolute Gasteiger partial charge is 0.0707 e. The van der Waals surface area contributed by atoms with Crippen molar-refractivity contribution in [2.24, 2.45) is 0 Å². The predicted octanol–water partition coefficient (Wildman–Crippen LogP) is 3.04. The number of nitrogens with one attached hydrogen (secondary N) is 1. The van der Waals surface area contributed by atoms with Crippen LogP contribution < -0.4 is 5.32 Å². The predicted molar refractivity (Wildman–Crippen MR) is 86.9 cm³/mol. The van der Waals surface area contributed by atoms with Gasteiger partial charge in [-0.05, 0) is 38.1 Å². The molecular formula is C16H25BrN2O. The van der Waals surface area contributed by atoms with Crippen molar-refractivity contribution >= 4 is 15.9 Å². The lowest BCUT2D eigenvalue weighted by Gasteiger charge is -2.22. The lowest BCUT2D eigenvalue weighted by molar-refractivity contribution is 0.0269. The Balaban J connectivity index is 1.75. The van der Waals surface area contributed by atoms with Crippen LogP contribution in [0.25, 0.3) is 0 Å². The third-order valence-corrected chi connectivity index (χ3v) is 4.50. The maximum absolute atomic E-state index is 6.09. The van der Waals surface area contributed by atoms with E-state index in [1.54, 1.807) is 0 Å². The van der Waals surface area contributed by atoms with E-state index in [4.69, 9.17) is 4.74 Å². The van der Waals surface area contributed by atoms with Crippen LogP contribution >= 0.6 is 15.9 Å². The van der Waals surface area contributed by atoms with Crippen molar-refractivity contribution in [3.8, 4) is 0 Å². The summed E-state index contributed by atoms with van der Waals surface area (Å²) in [7, 11) is 2.17. The highest BCUT2D eigenvalue weighted by atomic mass is 79.9. The fraction of sp³-hybridized carbons (Fsp3) is 0.625. The van der Waals surface area contributed by atoms with Gasteiger partial charge in [-0.1, -0.05) is 41.1 Å². The second-order valence-corrected chi connectivity index (χ2v) is 6.41. The molecule has 0 spiro atoms. The third kappa shape index (κ3) is 4.85. The molecule has 2 unspecified atom stereocenters. The van der Waals surface area contributed by atoms with Crippen molar-refractivity contribution in [2.45, 2.75) is 38.5 Å². The first-order valence-electron chi connectivity index (χ1n) is 7.47. The Morgan fingerprint density at radius 1 is 1.30 bits per heavy atom. The van der Waals surface area contributed by atoms with Crippen LogP contribution in [0, 0.1) is 0 Å². The first-order chi connectivity index (χ1) is 9.69. The highest BCUT2D eigenvalue weighted by Crippen LogP contribution is 2.22. The summed E-state index contributed by atoms with van der Waals surface area (Å²) in [5.74, 6) is 0. The minimum Gasteiger partial charge on any atom is -0.372 e. The topological polar surface area (TPSA) is 24.5 Å². The standard InChI is InChI=1S/C16H25BrN2O/c1-3-18-10-14-8-9-15(20-14)12-19(2)11-13-6-4-5-7-16(13)17/h4-7,14-15,18H,3,8-12H2,1-2H3. The molecule has 1 aliphatic rings. The number of rotatable bonds is 7. The van der Waals surface area contributed by atoms with E-state index in [1.807, 2.05) is 0 Å². The Labute approximate surface area is 130 Å². The zero-order chi connectivity index (χ0) is 14.4. The zero-order valence-corrected chi connectivity index (χ0v) is 14.0. The summed E-state index contributed by atoms with van der Waals surface area (Å²) >= 11 is 3.61. The van der Waals surface area contributed by atoms with Gasteiger partial charge in [0.15, 0.2) is 0 Å². The van der Waals surface area contributed by atoms with Gasteiger partial charge in [0.25, 0.3) is 0 Å². The van der Waals surface area contributed by atoms with Crippen LogP contribution in [0.15, 0.2) is 28.7 Å². The van der Waals surface area contributed by atoms with Crippen LogP contribution in [0.4, 0.5) is 0 Å². The molecule has 0 radical (unpaired) electrons. The van der Waals surface area contributed by atoms with Crippen molar-refractivity contribution in [1.82, 2.24) is 10.2 Å². The van der Waals surface area contributed by atoms with Crippen molar-refractivity contribution in [3.05, 3.63) is 34.3 Å². The number of ether oxygens (including phenoxy) is 1. The van der Waals surface area contributed by atoms with Crippen molar-refractivity contribution in [2.75, 3.05) is 26.7 Å². The summed E-state index contributed by atoms with van der Waals surface area (Å²) in [6.45, 7) is 6.11. The molecule has 0 saturated carbocycles. The molecule has 112 valence electrons. The Hall–Kier alpha value is -0.420. The SMILES string of the molecule is CCNCC1CCC(CN(C)Cc2ccccc2Br)O1. The van der Waals surface area contributed by atoms with Crippen molar-refractivity contribution in [3.63, 3.8) is 0 Å².